The molecule has 0 atom stereocenters. The molecule has 1 heterocycles. The molecular weight excluding hydrogens is 347 g/mol. The molecule has 1 aromatic heterocycles. The van der Waals surface area contributed by atoms with Crippen LogP contribution in [0.15, 0.2) is 60.9 Å². The van der Waals surface area contributed by atoms with Gasteiger partial charge in [-0.05, 0) is 42.5 Å². The number of nitrogens with one attached hydrogen (secondary N) is 1. The van der Waals surface area contributed by atoms with Gasteiger partial charge in [0, 0.05) is 18.0 Å². The minimum absolute atomic E-state index is 0.00338. The standard InChI is InChI=1S/C18H14F3N3O2/c1-26-14-5-2-4-12(10-14)17(25)23-15-11-13(18(19,20)21)6-7-16(15)24-9-3-8-22-24/h2-11H,1H3,(H,23,25). The minimum Gasteiger partial charge on any atom is -0.497 e. The lowest BCUT2D eigenvalue weighted by Gasteiger charge is -2.15. The molecule has 0 unspecified atom stereocenters. The summed E-state index contributed by atoms with van der Waals surface area (Å²) >= 11 is 0. The molecule has 0 spiro atoms. The second kappa shape index (κ2) is 6.91. The third-order valence-electron chi connectivity index (χ3n) is 3.66. The van der Waals surface area contributed by atoms with Crippen molar-refractivity contribution in [3.63, 3.8) is 0 Å². The van der Waals surface area contributed by atoms with Crippen LogP contribution in [-0.2, 0) is 6.18 Å². The summed E-state index contributed by atoms with van der Waals surface area (Å²) in [7, 11) is 1.46. The van der Waals surface area contributed by atoms with E-state index in [1.165, 1.54) is 30.1 Å². The van der Waals surface area contributed by atoms with E-state index in [2.05, 4.69) is 10.4 Å². The van der Waals surface area contributed by atoms with Gasteiger partial charge in [-0.3, -0.25) is 4.79 Å². The molecule has 1 N–H and O–H groups in total. The van der Waals surface area contributed by atoms with Crippen LogP contribution in [0.3, 0.4) is 0 Å². The zero-order valence-corrected chi connectivity index (χ0v) is 13.6. The van der Waals surface area contributed by atoms with Crippen molar-refractivity contribution in [2.75, 3.05) is 12.4 Å². The fraction of sp³-hybridized carbons (Fsp3) is 0.111. The minimum atomic E-state index is -4.53. The van der Waals surface area contributed by atoms with E-state index in [9.17, 15) is 18.0 Å². The molecule has 134 valence electrons. The summed E-state index contributed by atoms with van der Waals surface area (Å²) in [5.74, 6) is -0.0920. The number of hydrogen-bond donors (Lipinski definition) is 1. The highest BCUT2D eigenvalue weighted by Gasteiger charge is 2.31. The van der Waals surface area contributed by atoms with Crippen LogP contribution in [0.4, 0.5) is 18.9 Å². The summed E-state index contributed by atoms with van der Waals surface area (Å²) in [5, 5.41) is 6.53. The first-order chi connectivity index (χ1) is 12.4. The number of halogens is 3. The molecule has 0 aliphatic heterocycles. The van der Waals surface area contributed by atoms with Crippen LogP contribution >= 0.6 is 0 Å². The van der Waals surface area contributed by atoms with Crippen LogP contribution in [0.5, 0.6) is 5.75 Å². The smallest absolute Gasteiger partial charge is 0.416 e. The first-order valence-corrected chi connectivity index (χ1v) is 7.55. The van der Waals surface area contributed by atoms with E-state index >= 15 is 0 Å². The average Bonchev–Trinajstić information content (AvgIpc) is 3.15. The maximum absolute atomic E-state index is 13.0. The van der Waals surface area contributed by atoms with Crippen LogP contribution < -0.4 is 10.1 Å². The Balaban J connectivity index is 2.00. The van der Waals surface area contributed by atoms with Crippen LogP contribution in [-0.4, -0.2) is 22.8 Å². The largest absolute Gasteiger partial charge is 0.497 e. The van der Waals surface area contributed by atoms with Gasteiger partial charge in [-0.15, -0.1) is 0 Å². The number of ether oxygens (including phenoxy) is 1. The van der Waals surface area contributed by atoms with E-state index < -0.39 is 17.6 Å². The predicted molar refractivity (Wildman–Crippen MR) is 89.5 cm³/mol. The quantitative estimate of drug-likeness (QED) is 0.759. The number of alkyl halides is 3. The van der Waals surface area contributed by atoms with E-state index in [0.29, 0.717) is 11.4 Å². The second-order valence-corrected chi connectivity index (χ2v) is 5.37. The summed E-state index contributed by atoms with van der Waals surface area (Å²) < 4.78 is 45.6. The Hall–Kier alpha value is -3.29. The van der Waals surface area contributed by atoms with Gasteiger partial charge in [0.25, 0.3) is 5.91 Å². The first-order valence-electron chi connectivity index (χ1n) is 7.55. The molecule has 1 amide bonds. The van der Waals surface area contributed by atoms with Gasteiger partial charge in [-0.25, -0.2) is 4.68 Å². The molecule has 0 bridgehead atoms. The van der Waals surface area contributed by atoms with Crippen LogP contribution in [0, 0.1) is 0 Å². The average molecular weight is 361 g/mol. The molecule has 0 radical (unpaired) electrons. The van der Waals surface area contributed by atoms with Gasteiger partial charge in [0.2, 0.25) is 0 Å². The Morgan fingerprint density at radius 3 is 2.62 bits per heavy atom. The molecule has 26 heavy (non-hydrogen) atoms. The van der Waals surface area contributed by atoms with Crippen LogP contribution in [0.2, 0.25) is 0 Å². The molecular formula is C18H14F3N3O2. The normalized spacial score (nSPS) is 11.2. The van der Waals surface area contributed by atoms with Gasteiger partial charge < -0.3 is 10.1 Å². The van der Waals surface area contributed by atoms with Gasteiger partial charge in [0.15, 0.2) is 0 Å². The summed E-state index contributed by atoms with van der Waals surface area (Å²) in [4.78, 5) is 12.5. The van der Waals surface area contributed by atoms with Crippen LogP contribution in [0.1, 0.15) is 15.9 Å². The first kappa shape index (κ1) is 17.5. The number of hydrogen-bond acceptors (Lipinski definition) is 3. The van der Waals surface area contributed by atoms with Gasteiger partial charge in [-0.2, -0.15) is 18.3 Å². The fourth-order valence-corrected chi connectivity index (χ4v) is 2.38. The van der Waals surface area contributed by atoms with E-state index in [4.69, 9.17) is 4.74 Å². The fourth-order valence-electron chi connectivity index (χ4n) is 2.38. The monoisotopic (exact) mass is 361 g/mol. The van der Waals surface area contributed by atoms with Crippen molar-refractivity contribution in [3.8, 4) is 11.4 Å². The highest BCUT2D eigenvalue weighted by molar-refractivity contribution is 6.05. The molecule has 2 aromatic carbocycles. The zero-order chi connectivity index (χ0) is 18.7. The van der Waals surface area contributed by atoms with Gasteiger partial charge in [-0.1, -0.05) is 6.07 Å². The number of rotatable bonds is 4. The lowest BCUT2D eigenvalue weighted by Crippen LogP contribution is -2.15. The third-order valence-corrected chi connectivity index (χ3v) is 3.66. The molecule has 3 aromatic rings. The summed E-state index contributed by atoms with van der Waals surface area (Å²) in [6.07, 6.45) is -1.47. The van der Waals surface area contributed by atoms with Gasteiger partial charge >= 0.3 is 6.18 Å². The van der Waals surface area contributed by atoms with Crippen molar-refractivity contribution in [2.24, 2.45) is 0 Å². The number of methoxy groups -OCH3 is 1. The maximum atomic E-state index is 13.0. The Bertz CT molecular complexity index is 922. The molecule has 0 saturated carbocycles. The Labute approximate surface area is 147 Å². The highest BCUT2D eigenvalue weighted by Crippen LogP contribution is 2.33. The van der Waals surface area contributed by atoms with Crippen LogP contribution in [0.25, 0.3) is 5.69 Å². The number of aromatic nitrogens is 2. The van der Waals surface area contributed by atoms with Crippen molar-refractivity contribution in [2.45, 2.75) is 6.18 Å². The molecule has 3 rings (SSSR count). The molecule has 8 heteroatoms. The summed E-state index contributed by atoms with van der Waals surface area (Å²) in [6.45, 7) is 0. The molecule has 0 aliphatic carbocycles. The lowest BCUT2D eigenvalue weighted by molar-refractivity contribution is -0.137. The Morgan fingerprint density at radius 1 is 1.15 bits per heavy atom. The zero-order valence-electron chi connectivity index (χ0n) is 13.6. The molecule has 5 nitrogen and oxygen atoms in total. The maximum Gasteiger partial charge on any atom is 0.416 e. The van der Waals surface area contributed by atoms with E-state index in [-0.39, 0.29) is 11.3 Å². The lowest BCUT2D eigenvalue weighted by atomic mass is 10.1. The molecule has 0 saturated heterocycles. The van der Waals surface area contributed by atoms with E-state index in [0.717, 1.165) is 12.1 Å². The number of nitrogens with zero attached hydrogens (tertiary/aromatic N) is 2. The topological polar surface area (TPSA) is 56.1 Å². The summed E-state index contributed by atoms with van der Waals surface area (Å²) in [5.41, 5.74) is -0.293. The van der Waals surface area contributed by atoms with Crippen molar-refractivity contribution < 1.29 is 22.7 Å². The Morgan fingerprint density at radius 2 is 1.96 bits per heavy atom. The SMILES string of the molecule is COc1cccc(C(=O)Nc2cc(C(F)(F)F)ccc2-n2cccn2)c1. The van der Waals surface area contributed by atoms with Gasteiger partial charge in [0.05, 0.1) is 24.0 Å². The number of anilines is 1. The highest BCUT2D eigenvalue weighted by atomic mass is 19.4. The number of carbonyl (C=O) groups is 1. The third kappa shape index (κ3) is 3.69. The summed E-state index contributed by atoms with van der Waals surface area (Å²) in [6, 6.07) is 11.0. The predicted octanol–water partition coefficient (Wildman–Crippen LogP) is 4.15. The van der Waals surface area contributed by atoms with Crippen molar-refractivity contribution in [1.82, 2.24) is 9.78 Å². The van der Waals surface area contributed by atoms with Crippen molar-refractivity contribution in [1.29, 1.82) is 0 Å². The van der Waals surface area contributed by atoms with Crippen molar-refractivity contribution in [3.05, 3.63) is 72.1 Å². The number of amides is 1. The van der Waals surface area contributed by atoms with Crippen molar-refractivity contribution >= 4 is 11.6 Å². The number of benzene rings is 2. The number of carbonyl (C=O) groups excluding carboxylic acids is 1. The molecule has 0 fully saturated rings. The van der Waals surface area contributed by atoms with E-state index in [1.54, 1.807) is 30.5 Å². The van der Waals surface area contributed by atoms with Gasteiger partial charge in [0.1, 0.15) is 5.75 Å². The molecule has 0 aliphatic rings. The Kier molecular flexibility index (Phi) is 4.66. The second-order valence-electron chi connectivity index (χ2n) is 5.37. The van der Waals surface area contributed by atoms with E-state index in [1.807, 2.05) is 0 Å².